The van der Waals surface area contributed by atoms with E-state index in [4.69, 9.17) is 5.73 Å². The van der Waals surface area contributed by atoms with Crippen molar-refractivity contribution >= 4 is 12.4 Å². The van der Waals surface area contributed by atoms with Gasteiger partial charge in [-0.2, -0.15) is 0 Å². The van der Waals surface area contributed by atoms with Crippen molar-refractivity contribution < 1.29 is 0 Å². The molecule has 3 heteroatoms. The van der Waals surface area contributed by atoms with E-state index in [-0.39, 0.29) is 12.4 Å². The summed E-state index contributed by atoms with van der Waals surface area (Å²) in [6, 6.07) is 0. The van der Waals surface area contributed by atoms with Crippen LogP contribution < -0.4 is 5.73 Å². The first-order chi connectivity index (χ1) is 2.93. The topological polar surface area (TPSA) is 29.0 Å². The molecule has 2 nitrogen and oxygen atoms in total. The molecule has 0 aromatic rings. The Hall–Kier alpha value is 0.210. The summed E-state index contributed by atoms with van der Waals surface area (Å²) in [5, 5.41) is 0. The number of hydrogen-bond donors (Lipinski definition) is 1. The van der Waals surface area contributed by atoms with Gasteiger partial charge in [0.05, 0.1) is 0 Å². The van der Waals surface area contributed by atoms with Gasteiger partial charge in [-0.05, 0) is 0 Å². The van der Waals surface area contributed by atoms with Crippen LogP contribution >= 0.6 is 12.4 Å². The summed E-state index contributed by atoms with van der Waals surface area (Å²) >= 11 is 0. The molecule has 0 aromatic heterocycles. The Bertz CT molecular complexity index is 45.0. The summed E-state index contributed by atoms with van der Waals surface area (Å²) in [6.07, 6.45) is 0. The molecule has 0 aromatic carbocycles. The van der Waals surface area contributed by atoms with E-state index < -0.39 is 0 Å². The third kappa shape index (κ3) is 2.85. The molecule has 0 atom stereocenters. The predicted molar refractivity (Wildman–Crippen MR) is 32.7 cm³/mol. The van der Waals surface area contributed by atoms with E-state index in [9.17, 15) is 0 Å². The number of halogens is 1. The molecule has 1 aliphatic heterocycles. The molecule has 0 saturated carbocycles. The average molecular weight is 123 g/mol. The Morgan fingerprint density at radius 1 is 1.43 bits per heavy atom. The van der Waals surface area contributed by atoms with Crippen molar-refractivity contribution in [2.45, 2.75) is 0 Å². The third-order valence-electron chi connectivity index (χ3n) is 0.985. The highest BCUT2D eigenvalue weighted by Crippen LogP contribution is 1.98. The van der Waals surface area contributed by atoms with Gasteiger partial charge in [0.15, 0.2) is 0 Å². The van der Waals surface area contributed by atoms with Gasteiger partial charge in [-0.3, -0.25) is 4.90 Å². The van der Waals surface area contributed by atoms with Gasteiger partial charge in [-0.1, -0.05) is 0 Å². The molecule has 1 heterocycles. The SMILES string of the molecule is Cl.NCCN1CC1. The Labute approximate surface area is 50.1 Å². The zero-order valence-corrected chi connectivity index (χ0v) is 5.08. The number of nitrogens with zero attached hydrogens (tertiary/aromatic N) is 1. The molecule has 0 spiro atoms. The Balaban J connectivity index is 0.000000360. The largest absolute Gasteiger partial charge is 0.329 e. The highest BCUT2D eigenvalue weighted by Gasteiger charge is 2.13. The lowest BCUT2D eigenvalue weighted by Gasteiger charge is -1.89. The van der Waals surface area contributed by atoms with E-state index in [1.807, 2.05) is 0 Å². The maximum atomic E-state index is 5.23. The molecule has 1 fully saturated rings. The predicted octanol–water partition coefficient (Wildman–Crippen LogP) is -0.318. The van der Waals surface area contributed by atoms with Crippen LogP contribution in [-0.2, 0) is 0 Å². The van der Waals surface area contributed by atoms with Crippen LogP contribution in [0, 0.1) is 0 Å². The fourth-order valence-corrected chi connectivity index (χ4v) is 0.477. The van der Waals surface area contributed by atoms with Crippen LogP contribution in [0.2, 0.25) is 0 Å². The Kier molecular flexibility index (Phi) is 3.34. The summed E-state index contributed by atoms with van der Waals surface area (Å²) in [5.74, 6) is 0. The van der Waals surface area contributed by atoms with E-state index >= 15 is 0 Å². The summed E-state index contributed by atoms with van der Waals surface area (Å²) in [7, 11) is 0. The first kappa shape index (κ1) is 7.21. The third-order valence-corrected chi connectivity index (χ3v) is 0.985. The first-order valence-electron chi connectivity index (χ1n) is 2.36. The minimum Gasteiger partial charge on any atom is -0.329 e. The zero-order valence-electron chi connectivity index (χ0n) is 4.26. The minimum atomic E-state index is 0. The lowest BCUT2D eigenvalue weighted by atomic mass is 10.7. The van der Waals surface area contributed by atoms with Gasteiger partial charge in [0.1, 0.15) is 0 Å². The molecule has 0 unspecified atom stereocenters. The Morgan fingerprint density at radius 2 is 2.00 bits per heavy atom. The quantitative estimate of drug-likeness (QED) is 0.509. The lowest BCUT2D eigenvalue weighted by Crippen LogP contribution is -2.11. The van der Waals surface area contributed by atoms with Crippen molar-refractivity contribution in [2.75, 3.05) is 26.2 Å². The molecular weight excluding hydrogens is 112 g/mol. The van der Waals surface area contributed by atoms with Crippen molar-refractivity contribution in [3.63, 3.8) is 0 Å². The second kappa shape index (κ2) is 3.24. The molecular formula is C4H11ClN2. The van der Waals surface area contributed by atoms with Crippen molar-refractivity contribution in [3.8, 4) is 0 Å². The monoisotopic (exact) mass is 122 g/mol. The van der Waals surface area contributed by atoms with Gasteiger partial charge < -0.3 is 5.73 Å². The van der Waals surface area contributed by atoms with Gasteiger partial charge >= 0.3 is 0 Å². The molecule has 0 bridgehead atoms. The van der Waals surface area contributed by atoms with Gasteiger partial charge in [0.25, 0.3) is 0 Å². The first-order valence-corrected chi connectivity index (χ1v) is 2.36. The molecule has 44 valence electrons. The Morgan fingerprint density at radius 3 is 2.14 bits per heavy atom. The van der Waals surface area contributed by atoms with Gasteiger partial charge in [0, 0.05) is 26.2 Å². The molecule has 0 amide bonds. The van der Waals surface area contributed by atoms with Crippen molar-refractivity contribution in [1.29, 1.82) is 0 Å². The summed E-state index contributed by atoms with van der Waals surface area (Å²) in [4.78, 5) is 2.31. The number of rotatable bonds is 2. The highest BCUT2D eigenvalue weighted by atomic mass is 35.5. The molecule has 1 saturated heterocycles. The maximum Gasteiger partial charge on any atom is 0.0110 e. The van der Waals surface area contributed by atoms with Crippen LogP contribution in [0.25, 0.3) is 0 Å². The standard InChI is InChI=1S/C4H10N2.ClH/c5-1-2-6-3-4-6;/h1-5H2;1H. The summed E-state index contributed by atoms with van der Waals surface area (Å²) < 4.78 is 0. The van der Waals surface area contributed by atoms with Crippen LogP contribution in [-0.4, -0.2) is 31.1 Å². The summed E-state index contributed by atoms with van der Waals surface area (Å²) in [6.45, 7) is 4.47. The van der Waals surface area contributed by atoms with Crippen LogP contribution in [0.4, 0.5) is 0 Å². The van der Waals surface area contributed by atoms with Gasteiger partial charge in [0.2, 0.25) is 0 Å². The van der Waals surface area contributed by atoms with E-state index in [2.05, 4.69) is 4.90 Å². The van der Waals surface area contributed by atoms with E-state index in [1.54, 1.807) is 0 Å². The number of hydrogen-bond acceptors (Lipinski definition) is 2. The molecule has 2 N–H and O–H groups in total. The number of nitrogens with two attached hydrogens (primary N) is 1. The fraction of sp³-hybridized carbons (Fsp3) is 1.00. The summed E-state index contributed by atoms with van der Waals surface area (Å²) in [5.41, 5.74) is 5.23. The van der Waals surface area contributed by atoms with Crippen molar-refractivity contribution in [1.82, 2.24) is 4.90 Å². The smallest absolute Gasteiger partial charge is 0.0110 e. The van der Waals surface area contributed by atoms with Gasteiger partial charge in [-0.15, -0.1) is 12.4 Å². The highest BCUT2D eigenvalue weighted by molar-refractivity contribution is 5.85. The maximum absolute atomic E-state index is 5.23. The van der Waals surface area contributed by atoms with Crippen LogP contribution in [0.1, 0.15) is 0 Å². The fourth-order valence-electron chi connectivity index (χ4n) is 0.477. The van der Waals surface area contributed by atoms with E-state index in [1.165, 1.54) is 13.1 Å². The molecule has 7 heavy (non-hydrogen) atoms. The normalized spacial score (nSPS) is 18.4. The van der Waals surface area contributed by atoms with Crippen LogP contribution in [0.15, 0.2) is 0 Å². The van der Waals surface area contributed by atoms with Crippen molar-refractivity contribution in [2.24, 2.45) is 5.73 Å². The van der Waals surface area contributed by atoms with Crippen LogP contribution in [0.5, 0.6) is 0 Å². The average Bonchev–Trinajstić information content (AvgIpc) is 2.21. The van der Waals surface area contributed by atoms with E-state index in [0.717, 1.165) is 13.1 Å². The molecule has 0 radical (unpaired) electrons. The van der Waals surface area contributed by atoms with Crippen LogP contribution in [0.3, 0.4) is 0 Å². The molecule has 0 aliphatic carbocycles. The minimum absolute atomic E-state index is 0. The second-order valence-corrected chi connectivity index (χ2v) is 1.63. The lowest BCUT2D eigenvalue weighted by molar-refractivity contribution is 0.569. The van der Waals surface area contributed by atoms with Crippen molar-refractivity contribution in [3.05, 3.63) is 0 Å². The molecule has 1 rings (SSSR count). The molecule has 1 aliphatic rings. The van der Waals surface area contributed by atoms with Gasteiger partial charge in [-0.25, -0.2) is 0 Å². The second-order valence-electron chi connectivity index (χ2n) is 1.63. The zero-order chi connectivity index (χ0) is 4.41. The van der Waals surface area contributed by atoms with E-state index in [0.29, 0.717) is 0 Å².